The number of hydrogen-bond acceptors (Lipinski definition) is 9. The molecule has 1 unspecified atom stereocenters. The molecule has 2 fully saturated rings. The van der Waals surface area contributed by atoms with Gasteiger partial charge in [0.2, 0.25) is 0 Å². The largest absolute Gasteiger partial charge is 0.423 e. The van der Waals surface area contributed by atoms with E-state index in [1.807, 2.05) is 4.90 Å². The number of alkyl halides is 6. The van der Waals surface area contributed by atoms with Crippen molar-refractivity contribution < 1.29 is 40.8 Å². The Hall–Kier alpha value is -3.34. The van der Waals surface area contributed by atoms with E-state index in [1.54, 1.807) is 0 Å². The maximum absolute atomic E-state index is 13.3. The zero-order chi connectivity index (χ0) is 32.4. The third-order valence-corrected chi connectivity index (χ3v) is 9.26. The van der Waals surface area contributed by atoms with E-state index in [9.17, 15) is 41.3 Å². The second-order valence-corrected chi connectivity index (χ2v) is 12.3. The zero-order valence-electron chi connectivity index (χ0n) is 23.9. The van der Waals surface area contributed by atoms with Crippen LogP contribution in [0.4, 0.5) is 37.7 Å². The highest BCUT2D eigenvalue weighted by atomic mass is 32.1. The summed E-state index contributed by atoms with van der Waals surface area (Å²) in [5, 5.41) is 14.8. The Morgan fingerprint density at radius 2 is 1.73 bits per heavy atom. The summed E-state index contributed by atoms with van der Waals surface area (Å²) in [5.74, 6) is 0. The molecule has 1 N–H and O–H groups in total. The topological polar surface area (TPSA) is 101 Å². The molecule has 2 heterocycles. The number of piperazine rings is 1. The van der Waals surface area contributed by atoms with E-state index < -0.39 is 40.3 Å². The molecule has 3 aromatic rings. The van der Waals surface area contributed by atoms with Gasteiger partial charge in [-0.15, -0.1) is 11.3 Å². The minimum absolute atomic E-state index is 0.146. The van der Waals surface area contributed by atoms with Crippen molar-refractivity contribution in [1.82, 2.24) is 14.8 Å². The van der Waals surface area contributed by atoms with Crippen molar-refractivity contribution in [2.75, 3.05) is 38.0 Å². The third-order valence-electron chi connectivity index (χ3n) is 8.16. The van der Waals surface area contributed by atoms with Crippen LogP contribution in [0.15, 0.2) is 36.4 Å². The molecule has 2 aliphatic rings. The van der Waals surface area contributed by atoms with Crippen LogP contribution in [0.25, 0.3) is 10.2 Å². The van der Waals surface area contributed by atoms with Crippen LogP contribution in [0.5, 0.6) is 0 Å². The van der Waals surface area contributed by atoms with Gasteiger partial charge in [0, 0.05) is 56.9 Å². The van der Waals surface area contributed by atoms with Gasteiger partial charge in [-0.25, -0.2) is 4.98 Å². The Kier molecular flexibility index (Phi) is 9.96. The lowest BCUT2D eigenvalue weighted by Crippen LogP contribution is -2.52. The highest BCUT2D eigenvalue weighted by Gasteiger charge is 2.39. The predicted molar refractivity (Wildman–Crippen MR) is 155 cm³/mol. The van der Waals surface area contributed by atoms with Crippen molar-refractivity contribution in [3.05, 3.63) is 62.6 Å². The molecular weight excluding hydrogens is 628 g/mol. The van der Waals surface area contributed by atoms with E-state index in [0.29, 0.717) is 75.0 Å². The van der Waals surface area contributed by atoms with Crippen molar-refractivity contribution in [2.24, 2.45) is 0 Å². The van der Waals surface area contributed by atoms with Crippen LogP contribution < -0.4 is 5.32 Å². The summed E-state index contributed by atoms with van der Waals surface area (Å²) < 4.78 is 85.8. The zero-order valence-corrected chi connectivity index (χ0v) is 24.8. The maximum atomic E-state index is 13.3. The van der Waals surface area contributed by atoms with Crippen LogP contribution >= 0.6 is 11.3 Å². The molecule has 244 valence electrons. The summed E-state index contributed by atoms with van der Waals surface area (Å²) in [4.78, 5) is 30.4. The summed E-state index contributed by atoms with van der Waals surface area (Å²) in [7, 11) is 0. The molecule has 1 aliphatic heterocycles. The van der Waals surface area contributed by atoms with Crippen molar-refractivity contribution >= 4 is 39.2 Å². The van der Waals surface area contributed by atoms with Gasteiger partial charge in [0.05, 0.1) is 31.8 Å². The SMILES string of the molecule is O=CC(OC1CCC(Nc2ccc([N+](=O)[O-])c(C(F)(F)F)c2)CC1)N1CCN(CCc2nc3cc(C(F)(F)F)ccc3s2)CC1. The second kappa shape index (κ2) is 13.6. The van der Waals surface area contributed by atoms with E-state index in [-0.39, 0.29) is 17.8 Å². The summed E-state index contributed by atoms with van der Waals surface area (Å²) in [6.07, 6.45) is -6.46. The normalized spacial score (nSPS) is 21.1. The fraction of sp³-hybridized carbons (Fsp3) is 0.517. The molecule has 1 aromatic heterocycles. The number of aromatic nitrogens is 1. The van der Waals surface area contributed by atoms with Gasteiger partial charge in [-0.3, -0.25) is 19.8 Å². The number of nitro groups is 1. The molecule has 0 spiro atoms. The lowest BCUT2D eigenvalue weighted by atomic mass is 9.92. The second-order valence-electron chi connectivity index (χ2n) is 11.2. The lowest BCUT2D eigenvalue weighted by Gasteiger charge is -2.39. The van der Waals surface area contributed by atoms with Gasteiger partial charge >= 0.3 is 12.4 Å². The van der Waals surface area contributed by atoms with Gasteiger partial charge in [0.15, 0.2) is 12.5 Å². The number of ether oxygens (including phenoxy) is 1. The van der Waals surface area contributed by atoms with Gasteiger partial charge in [0.25, 0.3) is 5.69 Å². The molecule has 45 heavy (non-hydrogen) atoms. The average molecular weight is 660 g/mol. The average Bonchev–Trinajstić information content (AvgIpc) is 3.41. The molecule has 0 bridgehead atoms. The Labute approximate surface area is 258 Å². The number of hydrogen-bond donors (Lipinski definition) is 1. The predicted octanol–water partition coefficient (Wildman–Crippen LogP) is 6.37. The third kappa shape index (κ3) is 8.28. The number of nitrogens with one attached hydrogen (secondary N) is 1. The number of nitro benzene ring substituents is 1. The molecule has 0 radical (unpaired) electrons. The van der Waals surface area contributed by atoms with E-state index in [4.69, 9.17) is 4.74 Å². The van der Waals surface area contributed by atoms with Crippen LogP contribution in [0.3, 0.4) is 0 Å². The monoisotopic (exact) mass is 659 g/mol. The van der Waals surface area contributed by atoms with Gasteiger partial charge in [-0.05, 0) is 56.0 Å². The first kappa shape index (κ1) is 33.0. The summed E-state index contributed by atoms with van der Waals surface area (Å²) in [6, 6.07) is 6.32. The summed E-state index contributed by atoms with van der Waals surface area (Å²) in [6.45, 7) is 3.24. The Morgan fingerprint density at radius 1 is 1.02 bits per heavy atom. The molecule has 1 saturated heterocycles. The van der Waals surface area contributed by atoms with Crippen LogP contribution in [0, 0.1) is 10.1 Å². The molecular formula is C29H31F6N5O4S. The minimum Gasteiger partial charge on any atom is -0.382 e. The van der Waals surface area contributed by atoms with Gasteiger partial charge < -0.3 is 15.0 Å². The number of carbonyl (C=O) groups is 1. The minimum atomic E-state index is -4.86. The number of aldehydes is 1. The summed E-state index contributed by atoms with van der Waals surface area (Å²) >= 11 is 1.38. The Morgan fingerprint density at radius 3 is 2.36 bits per heavy atom. The van der Waals surface area contributed by atoms with E-state index >= 15 is 0 Å². The number of anilines is 1. The van der Waals surface area contributed by atoms with Crippen LogP contribution in [0.2, 0.25) is 0 Å². The van der Waals surface area contributed by atoms with E-state index in [1.165, 1.54) is 23.5 Å². The smallest absolute Gasteiger partial charge is 0.382 e. The van der Waals surface area contributed by atoms with E-state index in [0.717, 1.165) is 35.6 Å². The van der Waals surface area contributed by atoms with Crippen molar-refractivity contribution in [2.45, 2.75) is 62.8 Å². The number of nitrogens with zero attached hydrogens (tertiary/aromatic N) is 4. The molecule has 0 amide bonds. The molecule has 2 aromatic carbocycles. The molecule has 1 aliphatic carbocycles. The van der Waals surface area contributed by atoms with Gasteiger partial charge in [-0.2, -0.15) is 26.3 Å². The quantitative estimate of drug-likeness (QED) is 0.116. The standard InChI is InChI=1S/C29H31F6N5O4S/c30-28(31,32)18-1-8-25-23(15-18)37-26(45-25)9-10-38-11-13-39(14-12-38)27(17-41)44-21-5-2-19(3-6-21)36-20-4-7-24(40(42)43)22(16-20)29(33,34)35/h1,4,7-8,15-17,19,21,27,36H,2-3,5-6,9-14H2. The summed E-state index contributed by atoms with van der Waals surface area (Å²) in [5.41, 5.74) is -2.52. The Balaban J connectivity index is 1.06. The molecule has 16 heteroatoms. The first-order chi connectivity index (χ1) is 21.3. The van der Waals surface area contributed by atoms with Gasteiger partial charge in [0.1, 0.15) is 5.56 Å². The highest BCUT2D eigenvalue weighted by Crippen LogP contribution is 2.38. The number of benzene rings is 2. The highest BCUT2D eigenvalue weighted by molar-refractivity contribution is 7.18. The number of halogens is 6. The molecule has 9 nitrogen and oxygen atoms in total. The number of rotatable bonds is 10. The van der Waals surface area contributed by atoms with Crippen LogP contribution in [0.1, 0.15) is 41.8 Å². The molecule has 1 saturated carbocycles. The fourth-order valence-electron chi connectivity index (χ4n) is 5.75. The van der Waals surface area contributed by atoms with Crippen molar-refractivity contribution in [1.29, 1.82) is 0 Å². The van der Waals surface area contributed by atoms with Crippen molar-refractivity contribution in [3.63, 3.8) is 0 Å². The van der Waals surface area contributed by atoms with Crippen LogP contribution in [-0.2, 0) is 28.3 Å². The maximum Gasteiger partial charge on any atom is 0.423 e. The van der Waals surface area contributed by atoms with E-state index in [2.05, 4.69) is 15.2 Å². The number of carbonyl (C=O) groups excluding carboxylic acids is 1. The van der Waals surface area contributed by atoms with Crippen LogP contribution in [-0.4, -0.2) is 77.1 Å². The van der Waals surface area contributed by atoms with Gasteiger partial charge in [-0.1, -0.05) is 0 Å². The van der Waals surface area contributed by atoms with Crippen molar-refractivity contribution in [3.8, 4) is 0 Å². The first-order valence-electron chi connectivity index (χ1n) is 14.5. The lowest BCUT2D eigenvalue weighted by molar-refractivity contribution is -0.388. The number of fused-ring (bicyclic) bond motifs is 1. The molecule has 1 atom stereocenters. The fourth-order valence-corrected chi connectivity index (χ4v) is 6.68. The Bertz CT molecular complexity index is 1500. The number of thiazole rings is 1. The molecule has 5 rings (SSSR count). The first-order valence-corrected chi connectivity index (χ1v) is 15.3.